The summed E-state index contributed by atoms with van der Waals surface area (Å²) in [5.41, 5.74) is -0.0336. The second-order valence-electron chi connectivity index (χ2n) is 11.3. The van der Waals surface area contributed by atoms with Gasteiger partial charge >= 0.3 is 0 Å². The first kappa shape index (κ1) is 28.6. The molecule has 0 radical (unpaired) electrons. The molecule has 1 saturated carbocycles. The monoisotopic (exact) mass is 576 g/mol. The van der Waals surface area contributed by atoms with Crippen molar-refractivity contribution < 1.29 is 48.4 Å². The molecule has 220 valence electrons. The highest BCUT2D eigenvalue weighted by atomic mass is 19.1. The van der Waals surface area contributed by atoms with E-state index in [1.54, 1.807) is 0 Å². The molecule has 2 fully saturated rings. The van der Waals surface area contributed by atoms with Gasteiger partial charge in [-0.2, -0.15) is 0 Å². The summed E-state index contributed by atoms with van der Waals surface area (Å²) in [6.07, 6.45) is -1.78. The summed E-state index contributed by atoms with van der Waals surface area (Å²) in [6.45, 7) is 0.0158. The van der Waals surface area contributed by atoms with Gasteiger partial charge in [0.15, 0.2) is 17.1 Å². The van der Waals surface area contributed by atoms with Gasteiger partial charge in [0.1, 0.15) is 29.1 Å². The molecule has 5 rings (SSSR count). The number of nitrogens with one attached hydrogen (secondary N) is 1. The van der Waals surface area contributed by atoms with Crippen LogP contribution in [-0.2, 0) is 25.6 Å². The van der Waals surface area contributed by atoms with Crippen LogP contribution in [0.2, 0.25) is 0 Å². The number of carbonyl (C=O) groups is 4. The molecule has 1 aromatic carbocycles. The number of fused-ring (bicyclic) bond motifs is 3. The molecule has 12 nitrogen and oxygen atoms in total. The fourth-order valence-electron chi connectivity index (χ4n) is 6.82. The van der Waals surface area contributed by atoms with E-state index in [-0.39, 0.29) is 31.4 Å². The van der Waals surface area contributed by atoms with Crippen LogP contribution in [0.1, 0.15) is 24.0 Å². The molecular formula is C27H30F2N4O8. The number of likely N-dealkylation sites (tertiary alicyclic amines) is 1. The van der Waals surface area contributed by atoms with Crippen molar-refractivity contribution in [2.75, 3.05) is 33.0 Å². The van der Waals surface area contributed by atoms with Gasteiger partial charge in [0, 0.05) is 36.1 Å². The number of hydrogen-bond acceptors (Lipinski definition) is 10. The van der Waals surface area contributed by atoms with Gasteiger partial charge in [0.2, 0.25) is 11.7 Å². The fraction of sp³-hybridized carbons (Fsp3) is 0.481. The first-order chi connectivity index (χ1) is 19.1. The third kappa shape index (κ3) is 4.03. The number of hydrogen-bond donors (Lipinski definition) is 6. The van der Waals surface area contributed by atoms with Gasteiger partial charge in [0.05, 0.1) is 23.3 Å². The number of nitrogens with two attached hydrogens (primary N) is 1. The molecule has 1 aliphatic heterocycles. The average molecular weight is 577 g/mol. The average Bonchev–Trinajstić information content (AvgIpc) is 3.21. The minimum Gasteiger partial charge on any atom is -0.508 e. The van der Waals surface area contributed by atoms with Crippen LogP contribution in [0.5, 0.6) is 5.75 Å². The van der Waals surface area contributed by atoms with Gasteiger partial charge in [-0.25, -0.2) is 8.78 Å². The Morgan fingerprint density at radius 2 is 1.85 bits per heavy atom. The van der Waals surface area contributed by atoms with Crippen molar-refractivity contribution in [2.24, 2.45) is 17.6 Å². The number of phenols is 1. The maximum atomic E-state index is 15.4. The highest BCUT2D eigenvalue weighted by Crippen LogP contribution is 2.53. The number of halogens is 2. The van der Waals surface area contributed by atoms with Crippen molar-refractivity contribution in [2.45, 2.75) is 43.1 Å². The van der Waals surface area contributed by atoms with Gasteiger partial charge in [-0.05, 0) is 39.9 Å². The normalized spacial score (nSPS) is 31.7. The number of phenolic OH excluding ortho intramolecular Hbond substituents is 1. The molecule has 0 aromatic heterocycles. The number of alkyl halides is 1. The standard InChI is InChI=1S/C27H30F2N4O8/c1-32(2)19-12-5-9-4-11-13(29)7-14(31-26(40)15-6-10(28)8-33(15)3)20(34)17(11)21(35)16(9)23(37)27(12,41)24(38)18(22(19)36)25(30)39/h7,9-10,12,15,19,34-35,38,41H,4-6,8H2,1-3H3,(H2,30,39)(H,31,40)/t9-,10+,12-,15-,19-,27-/m0/s1. The Bertz CT molecular complexity index is 1470. The Hall–Kier alpha value is -3.88. The van der Waals surface area contributed by atoms with E-state index in [0.717, 1.165) is 6.07 Å². The number of ketones is 2. The summed E-state index contributed by atoms with van der Waals surface area (Å²) >= 11 is 0. The third-order valence-electron chi connectivity index (χ3n) is 8.72. The van der Waals surface area contributed by atoms with Crippen molar-refractivity contribution in [3.8, 4) is 5.75 Å². The maximum absolute atomic E-state index is 15.4. The van der Waals surface area contributed by atoms with Gasteiger partial charge in [-0.3, -0.25) is 29.0 Å². The number of Topliss-reactive ketones (excluding diaryl/α,β-unsaturated/α-hetero) is 2. The smallest absolute Gasteiger partial charge is 0.255 e. The first-order valence-corrected chi connectivity index (χ1v) is 12.9. The lowest BCUT2D eigenvalue weighted by atomic mass is 9.57. The SMILES string of the molecule is CN(C)[C@@H]1C(=O)C(C(N)=O)=C(O)[C@@]2(O)C(=O)C3=C(O)c4c(O)c(NC(=O)[C@@H]5C[C@@H](F)CN5C)cc(F)c4C[C@H]3C[C@@H]12. The Labute approximate surface area is 232 Å². The summed E-state index contributed by atoms with van der Waals surface area (Å²) in [4.78, 5) is 54.6. The summed E-state index contributed by atoms with van der Waals surface area (Å²) in [6, 6.07) is -1.30. The van der Waals surface area contributed by atoms with E-state index >= 15 is 4.39 Å². The number of aromatic hydroxyl groups is 1. The number of benzene rings is 1. The minimum absolute atomic E-state index is 0.0158. The molecule has 14 heteroatoms. The van der Waals surface area contributed by atoms with Crippen molar-refractivity contribution in [1.29, 1.82) is 0 Å². The van der Waals surface area contributed by atoms with Gasteiger partial charge in [0.25, 0.3) is 5.91 Å². The van der Waals surface area contributed by atoms with Crippen LogP contribution in [0, 0.1) is 17.7 Å². The summed E-state index contributed by atoms with van der Waals surface area (Å²) in [5.74, 6) is -10.3. The number of nitrogens with zero attached hydrogens (tertiary/aromatic N) is 2. The lowest BCUT2D eigenvalue weighted by Gasteiger charge is -2.50. The molecule has 1 heterocycles. The number of primary amides is 1. The van der Waals surface area contributed by atoms with Crippen LogP contribution >= 0.6 is 0 Å². The molecule has 0 bridgehead atoms. The third-order valence-corrected chi connectivity index (χ3v) is 8.72. The lowest BCUT2D eigenvalue weighted by Crippen LogP contribution is -2.65. The Morgan fingerprint density at radius 3 is 2.41 bits per heavy atom. The Morgan fingerprint density at radius 1 is 1.20 bits per heavy atom. The summed E-state index contributed by atoms with van der Waals surface area (Å²) < 4.78 is 29.2. The predicted molar refractivity (Wildman–Crippen MR) is 139 cm³/mol. The lowest BCUT2D eigenvalue weighted by molar-refractivity contribution is -0.153. The van der Waals surface area contributed by atoms with Gasteiger partial charge < -0.3 is 31.5 Å². The number of rotatable bonds is 4. The molecular weight excluding hydrogens is 546 g/mol. The molecule has 1 saturated heterocycles. The quantitative estimate of drug-likeness (QED) is 0.211. The van der Waals surface area contributed by atoms with E-state index in [0.29, 0.717) is 0 Å². The largest absolute Gasteiger partial charge is 0.508 e. The second-order valence-corrected chi connectivity index (χ2v) is 11.3. The van der Waals surface area contributed by atoms with E-state index in [1.807, 2.05) is 0 Å². The Balaban J connectivity index is 1.61. The Kier molecular flexibility index (Phi) is 6.71. The van der Waals surface area contributed by atoms with Crippen LogP contribution in [0.25, 0.3) is 5.76 Å². The second kappa shape index (κ2) is 9.60. The number of anilines is 1. The van der Waals surface area contributed by atoms with Gasteiger partial charge in [-0.15, -0.1) is 0 Å². The van der Waals surface area contributed by atoms with Crippen LogP contribution in [0.15, 0.2) is 23.0 Å². The van der Waals surface area contributed by atoms with E-state index in [1.165, 1.54) is 30.9 Å². The summed E-state index contributed by atoms with van der Waals surface area (Å²) in [5, 5.41) is 47.1. The topological polar surface area (TPSA) is 194 Å². The molecule has 6 atom stereocenters. The number of aliphatic hydroxyl groups excluding tert-OH is 2. The highest BCUT2D eigenvalue weighted by molar-refractivity contribution is 6.24. The summed E-state index contributed by atoms with van der Waals surface area (Å²) in [7, 11) is 4.48. The molecule has 7 N–H and O–H groups in total. The van der Waals surface area contributed by atoms with Gasteiger partial charge in [-0.1, -0.05) is 0 Å². The number of aliphatic hydroxyl groups is 3. The van der Waals surface area contributed by atoms with E-state index in [9.17, 15) is 44.0 Å². The highest BCUT2D eigenvalue weighted by Gasteiger charge is 2.64. The van der Waals surface area contributed by atoms with Crippen LogP contribution < -0.4 is 11.1 Å². The molecule has 1 aromatic rings. The molecule has 0 unspecified atom stereocenters. The maximum Gasteiger partial charge on any atom is 0.255 e. The zero-order valence-corrected chi connectivity index (χ0v) is 22.4. The van der Waals surface area contributed by atoms with E-state index in [2.05, 4.69) is 5.32 Å². The number of amides is 2. The van der Waals surface area contributed by atoms with Crippen LogP contribution in [-0.4, -0.2) is 105 Å². The van der Waals surface area contributed by atoms with Crippen molar-refractivity contribution in [3.05, 3.63) is 39.9 Å². The van der Waals surface area contributed by atoms with Crippen molar-refractivity contribution >= 4 is 34.8 Å². The molecule has 3 aliphatic carbocycles. The van der Waals surface area contributed by atoms with E-state index in [4.69, 9.17) is 5.73 Å². The zero-order valence-electron chi connectivity index (χ0n) is 22.4. The fourth-order valence-corrected chi connectivity index (χ4v) is 6.82. The van der Waals surface area contributed by atoms with E-state index < -0.39 is 105 Å². The van der Waals surface area contributed by atoms with Crippen molar-refractivity contribution in [1.82, 2.24) is 9.80 Å². The predicted octanol–water partition coefficient (Wildman–Crippen LogP) is 0.0838. The molecule has 41 heavy (non-hydrogen) atoms. The van der Waals surface area contributed by atoms with Crippen LogP contribution in [0.4, 0.5) is 14.5 Å². The molecule has 4 aliphatic rings. The van der Waals surface area contributed by atoms with Crippen LogP contribution in [0.3, 0.4) is 0 Å². The number of likely N-dealkylation sites (N-methyl/N-ethyl adjacent to an activating group) is 2. The van der Waals surface area contributed by atoms with Crippen molar-refractivity contribution in [3.63, 3.8) is 0 Å². The molecule has 2 amide bonds. The first-order valence-electron chi connectivity index (χ1n) is 12.9. The zero-order chi connectivity index (χ0) is 30.3. The minimum atomic E-state index is -2.83. The number of carbonyl (C=O) groups excluding carboxylic acids is 4. The molecule has 0 spiro atoms.